The van der Waals surface area contributed by atoms with Gasteiger partial charge in [0.2, 0.25) is 5.91 Å². The summed E-state index contributed by atoms with van der Waals surface area (Å²) in [5, 5.41) is 9.49. The predicted molar refractivity (Wildman–Crippen MR) is 57.5 cm³/mol. The molecule has 1 heterocycles. The van der Waals surface area contributed by atoms with E-state index in [4.69, 9.17) is 0 Å². The van der Waals surface area contributed by atoms with Gasteiger partial charge in [-0.05, 0) is 32.2 Å². The molecule has 1 amide bonds. The number of amides is 1. The first-order chi connectivity index (χ1) is 7.16. The van der Waals surface area contributed by atoms with Crippen molar-refractivity contribution in [1.82, 2.24) is 9.80 Å². The van der Waals surface area contributed by atoms with Crippen molar-refractivity contribution in [3.8, 4) is 0 Å². The van der Waals surface area contributed by atoms with Gasteiger partial charge in [-0.25, -0.2) is 0 Å². The normalized spacial score (nSPS) is 27.7. The van der Waals surface area contributed by atoms with Crippen molar-refractivity contribution in [3.05, 3.63) is 0 Å². The number of rotatable bonds is 3. The molecular weight excluding hydrogens is 192 g/mol. The number of aliphatic hydroxyl groups excluding tert-OH is 1. The molecule has 0 bridgehead atoms. The highest BCUT2D eigenvalue weighted by Crippen LogP contribution is 2.25. The molecule has 15 heavy (non-hydrogen) atoms. The Morgan fingerprint density at radius 3 is 2.80 bits per heavy atom. The van der Waals surface area contributed by atoms with Crippen molar-refractivity contribution in [1.29, 1.82) is 0 Å². The molecule has 1 atom stereocenters. The van der Waals surface area contributed by atoms with Gasteiger partial charge in [0.05, 0.1) is 12.6 Å². The van der Waals surface area contributed by atoms with Crippen LogP contribution in [0.1, 0.15) is 25.7 Å². The van der Waals surface area contributed by atoms with Crippen LogP contribution in [0.3, 0.4) is 0 Å². The third-order valence-electron chi connectivity index (χ3n) is 3.33. The summed E-state index contributed by atoms with van der Waals surface area (Å²) in [6, 6.07) is 0.493. The maximum Gasteiger partial charge on any atom is 0.236 e. The standard InChI is InChI=1S/C11H20N2O2/c1-12(9-4-5-9)11(15)8-13-6-2-3-10(14)7-13/h9-10,14H,2-8H2,1H3. The van der Waals surface area contributed by atoms with E-state index < -0.39 is 0 Å². The van der Waals surface area contributed by atoms with Crippen LogP contribution in [0.4, 0.5) is 0 Å². The van der Waals surface area contributed by atoms with Crippen molar-refractivity contribution in [2.24, 2.45) is 0 Å². The van der Waals surface area contributed by atoms with E-state index in [1.807, 2.05) is 11.9 Å². The van der Waals surface area contributed by atoms with Crippen LogP contribution in [-0.4, -0.2) is 59.6 Å². The van der Waals surface area contributed by atoms with Gasteiger partial charge in [-0.15, -0.1) is 0 Å². The zero-order chi connectivity index (χ0) is 10.8. The minimum Gasteiger partial charge on any atom is -0.392 e. The number of hydrogen-bond acceptors (Lipinski definition) is 3. The zero-order valence-corrected chi connectivity index (χ0v) is 9.35. The second-order valence-corrected chi connectivity index (χ2v) is 4.77. The third kappa shape index (κ3) is 2.92. The molecule has 2 aliphatic rings. The topological polar surface area (TPSA) is 43.8 Å². The molecule has 0 aromatic carbocycles. The van der Waals surface area contributed by atoms with Crippen LogP contribution in [0.25, 0.3) is 0 Å². The van der Waals surface area contributed by atoms with Crippen LogP contribution >= 0.6 is 0 Å². The minimum atomic E-state index is -0.238. The molecule has 4 heteroatoms. The molecular formula is C11H20N2O2. The van der Waals surface area contributed by atoms with E-state index in [9.17, 15) is 9.90 Å². The fourth-order valence-electron chi connectivity index (χ4n) is 2.14. The summed E-state index contributed by atoms with van der Waals surface area (Å²) in [5.74, 6) is 0.201. The molecule has 1 unspecified atom stereocenters. The first-order valence-corrected chi connectivity index (χ1v) is 5.83. The van der Waals surface area contributed by atoms with Gasteiger partial charge in [0.25, 0.3) is 0 Å². The first-order valence-electron chi connectivity index (χ1n) is 5.83. The van der Waals surface area contributed by atoms with Crippen LogP contribution in [0.5, 0.6) is 0 Å². The minimum absolute atomic E-state index is 0.201. The Labute approximate surface area is 90.9 Å². The van der Waals surface area contributed by atoms with Gasteiger partial charge in [-0.2, -0.15) is 0 Å². The van der Waals surface area contributed by atoms with Crippen molar-refractivity contribution in [2.45, 2.75) is 37.8 Å². The molecule has 1 N–H and O–H groups in total. The molecule has 1 saturated heterocycles. The predicted octanol–water partition coefficient (Wildman–Crippen LogP) is 0.0639. The Balaban J connectivity index is 1.77. The molecule has 1 saturated carbocycles. The SMILES string of the molecule is CN(C(=O)CN1CCCC(O)C1)C1CC1. The molecule has 1 aliphatic heterocycles. The maximum atomic E-state index is 11.8. The van der Waals surface area contributed by atoms with Gasteiger partial charge in [-0.1, -0.05) is 0 Å². The monoisotopic (exact) mass is 212 g/mol. The Bertz CT molecular complexity index is 241. The number of likely N-dealkylation sites (tertiary alicyclic amines) is 1. The molecule has 2 fully saturated rings. The fraction of sp³-hybridized carbons (Fsp3) is 0.909. The van der Waals surface area contributed by atoms with Crippen LogP contribution in [-0.2, 0) is 4.79 Å². The summed E-state index contributed by atoms with van der Waals surface area (Å²) in [6.45, 7) is 2.08. The quantitative estimate of drug-likeness (QED) is 0.719. The molecule has 2 rings (SSSR count). The number of carbonyl (C=O) groups is 1. The second kappa shape index (κ2) is 4.49. The lowest BCUT2D eigenvalue weighted by Crippen LogP contribution is -2.45. The third-order valence-corrected chi connectivity index (χ3v) is 3.33. The highest BCUT2D eigenvalue weighted by Gasteiger charge is 2.30. The maximum absolute atomic E-state index is 11.8. The number of nitrogens with zero attached hydrogens (tertiary/aromatic N) is 2. The molecule has 1 aliphatic carbocycles. The van der Waals surface area contributed by atoms with Gasteiger partial charge >= 0.3 is 0 Å². The zero-order valence-electron chi connectivity index (χ0n) is 9.35. The number of piperidine rings is 1. The lowest BCUT2D eigenvalue weighted by molar-refractivity contribution is -0.132. The molecule has 86 valence electrons. The van der Waals surface area contributed by atoms with E-state index in [1.165, 1.54) is 0 Å². The molecule has 0 aromatic heterocycles. The summed E-state index contributed by atoms with van der Waals surface area (Å²) < 4.78 is 0. The summed E-state index contributed by atoms with van der Waals surface area (Å²) in [4.78, 5) is 15.7. The summed E-state index contributed by atoms with van der Waals surface area (Å²) in [7, 11) is 1.89. The van der Waals surface area contributed by atoms with Gasteiger partial charge < -0.3 is 10.0 Å². The van der Waals surface area contributed by atoms with Gasteiger partial charge in [0.1, 0.15) is 0 Å². The molecule has 4 nitrogen and oxygen atoms in total. The second-order valence-electron chi connectivity index (χ2n) is 4.77. The van der Waals surface area contributed by atoms with E-state index in [-0.39, 0.29) is 12.0 Å². The van der Waals surface area contributed by atoms with Crippen molar-refractivity contribution in [3.63, 3.8) is 0 Å². The van der Waals surface area contributed by atoms with E-state index in [0.717, 1.165) is 32.2 Å². The van der Waals surface area contributed by atoms with Crippen molar-refractivity contribution in [2.75, 3.05) is 26.7 Å². The van der Waals surface area contributed by atoms with Crippen LogP contribution in [0, 0.1) is 0 Å². The van der Waals surface area contributed by atoms with Crippen molar-refractivity contribution >= 4 is 5.91 Å². The summed E-state index contributed by atoms with van der Waals surface area (Å²) >= 11 is 0. The lowest BCUT2D eigenvalue weighted by Gasteiger charge is -2.30. The molecule has 0 radical (unpaired) electrons. The average Bonchev–Trinajstić information content (AvgIpc) is 2.99. The highest BCUT2D eigenvalue weighted by atomic mass is 16.3. The number of aliphatic hydroxyl groups is 1. The van der Waals surface area contributed by atoms with Crippen LogP contribution in [0.2, 0.25) is 0 Å². The first kappa shape index (κ1) is 10.9. The van der Waals surface area contributed by atoms with Gasteiger partial charge in [0.15, 0.2) is 0 Å². The average molecular weight is 212 g/mol. The smallest absolute Gasteiger partial charge is 0.236 e. The number of likely N-dealkylation sites (N-methyl/N-ethyl adjacent to an activating group) is 1. The van der Waals surface area contributed by atoms with Crippen molar-refractivity contribution < 1.29 is 9.90 Å². The number of carbonyl (C=O) groups excluding carboxylic acids is 1. The van der Waals surface area contributed by atoms with Crippen LogP contribution in [0.15, 0.2) is 0 Å². The fourth-order valence-corrected chi connectivity index (χ4v) is 2.14. The summed E-state index contributed by atoms with van der Waals surface area (Å²) in [6.07, 6.45) is 3.96. The highest BCUT2D eigenvalue weighted by molar-refractivity contribution is 5.78. The van der Waals surface area contributed by atoms with E-state index in [2.05, 4.69) is 4.90 Å². The largest absolute Gasteiger partial charge is 0.392 e. The van der Waals surface area contributed by atoms with E-state index in [1.54, 1.807) is 0 Å². The Morgan fingerprint density at radius 2 is 2.20 bits per heavy atom. The molecule has 0 spiro atoms. The van der Waals surface area contributed by atoms with Gasteiger partial charge in [-0.3, -0.25) is 9.69 Å². The number of hydrogen-bond donors (Lipinski definition) is 1. The Kier molecular flexibility index (Phi) is 3.26. The van der Waals surface area contributed by atoms with E-state index >= 15 is 0 Å². The lowest BCUT2D eigenvalue weighted by atomic mass is 10.1. The Morgan fingerprint density at radius 1 is 1.47 bits per heavy atom. The van der Waals surface area contributed by atoms with Gasteiger partial charge in [0, 0.05) is 19.6 Å². The Hall–Kier alpha value is -0.610. The summed E-state index contributed by atoms with van der Waals surface area (Å²) in [5.41, 5.74) is 0. The number of β-amino-alcohol motifs (C(OH)–C–C–N with tert-alkyl or cyclic N) is 1. The molecule has 0 aromatic rings. The van der Waals surface area contributed by atoms with E-state index in [0.29, 0.717) is 19.1 Å². The van der Waals surface area contributed by atoms with Crippen LogP contribution < -0.4 is 0 Å².